The summed E-state index contributed by atoms with van der Waals surface area (Å²) >= 11 is 0. The van der Waals surface area contributed by atoms with Gasteiger partial charge in [0.25, 0.3) is 5.91 Å². The van der Waals surface area contributed by atoms with Gasteiger partial charge >= 0.3 is 6.18 Å². The average molecular weight is 478 g/mol. The molecule has 1 amide bonds. The summed E-state index contributed by atoms with van der Waals surface area (Å²) in [6.07, 6.45) is -4.48. The molecule has 3 aliphatic heterocycles. The van der Waals surface area contributed by atoms with Crippen LogP contribution in [0.15, 0.2) is 72.8 Å². The van der Waals surface area contributed by atoms with Crippen molar-refractivity contribution in [1.82, 2.24) is 4.90 Å². The molecule has 35 heavy (non-hydrogen) atoms. The minimum atomic E-state index is -4.48. The predicted octanol–water partition coefficient (Wildman–Crippen LogP) is 4.84. The third-order valence-electron chi connectivity index (χ3n) is 7.80. The zero-order chi connectivity index (χ0) is 24.6. The quantitative estimate of drug-likeness (QED) is 0.544. The Morgan fingerprint density at radius 2 is 1.66 bits per heavy atom. The van der Waals surface area contributed by atoms with Gasteiger partial charge in [-0.15, -0.1) is 0 Å². The first-order chi connectivity index (χ1) is 16.7. The Balaban J connectivity index is 1.61. The van der Waals surface area contributed by atoms with Crippen molar-refractivity contribution in [3.63, 3.8) is 0 Å². The molecule has 3 atom stereocenters. The molecule has 6 rings (SSSR count). The van der Waals surface area contributed by atoms with E-state index in [1.54, 1.807) is 37.4 Å². The number of carbonyl (C=O) groups is 2. The lowest BCUT2D eigenvalue weighted by molar-refractivity contribution is -0.137. The summed E-state index contributed by atoms with van der Waals surface area (Å²) in [5.41, 5.74) is -1.36. The van der Waals surface area contributed by atoms with Gasteiger partial charge in [0.1, 0.15) is 23.3 Å². The van der Waals surface area contributed by atoms with Gasteiger partial charge in [-0.2, -0.15) is 13.2 Å². The van der Waals surface area contributed by atoms with Crippen LogP contribution in [0.3, 0.4) is 0 Å². The number of halogens is 3. The van der Waals surface area contributed by atoms with E-state index in [1.165, 1.54) is 12.1 Å². The van der Waals surface area contributed by atoms with Gasteiger partial charge in [0.05, 0.1) is 11.1 Å². The number of likely N-dealkylation sites (tertiary alicyclic amines) is 1. The minimum absolute atomic E-state index is 0.0827. The first-order valence-electron chi connectivity index (χ1n) is 11.3. The van der Waals surface area contributed by atoms with Crippen molar-refractivity contribution in [2.24, 2.45) is 5.41 Å². The molecule has 0 aromatic heterocycles. The van der Waals surface area contributed by atoms with Crippen molar-refractivity contribution in [2.75, 3.05) is 25.5 Å². The van der Waals surface area contributed by atoms with Gasteiger partial charge in [0.2, 0.25) is 0 Å². The number of ether oxygens (including phenoxy) is 1. The smallest absolute Gasteiger partial charge is 0.416 e. The third-order valence-corrected chi connectivity index (χ3v) is 7.80. The van der Waals surface area contributed by atoms with E-state index in [1.807, 2.05) is 23.1 Å². The number of anilines is 1. The number of nitrogens with zero attached hydrogens (tertiary/aromatic N) is 1. The number of amides is 1. The van der Waals surface area contributed by atoms with Crippen LogP contribution in [-0.2, 0) is 16.5 Å². The van der Waals surface area contributed by atoms with Crippen LogP contribution in [0.25, 0.3) is 0 Å². The molecule has 8 heteroatoms. The number of alkyl halides is 3. The maximum atomic E-state index is 14.4. The number of hydrogen-bond acceptors (Lipinski definition) is 4. The molecule has 178 valence electrons. The van der Waals surface area contributed by atoms with Crippen LogP contribution in [0.2, 0.25) is 0 Å². The largest absolute Gasteiger partial charge is 0.492 e. The highest BCUT2D eigenvalue weighted by atomic mass is 19.4. The molecule has 3 heterocycles. The topological polar surface area (TPSA) is 58.6 Å². The monoisotopic (exact) mass is 478 g/mol. The molecule has 0 radical (unpaired) electrons. The highest BCUT2D eigenvalue weighted by Crippen LogP contribution is 2.64. The Kier molecular flexibility index (Phi) is 4.48. The predicted molar refractivity (Wildman–Crippen MR) is 122 cm³/mol. The van der Waals surface area contributed by atoms with Gasteiger partial charge in [0, 0.05) is 23.7 Å². The summed E-state index contributed by atoms with van der Waals surface area (Å²) < 4.78 is 45.9. The number of Topliss-reactive ketones (excluding diaryl/α,β-unsaturated/α-hetero) is 1. The maximum Gasteiger partial charge on any atom is 0.416 e. The number of likely N-dealkylation sites (N-methyl/N-ethyl adjacent to an activating group) is 1. The summed E-state index contributed by atoms with van der Waals surface area (Å²) in [7, 11) is 1.78. The molecule has 3 aromatic rings. The lowest BCUT2D eigenvalue weighted by Crippen LogP contribution is -2.62. The molecule has 1 N–H and O–H groups in total. The molecule has 2 spiro atoms. The van der Waals surface area contributed by atoms with E-state index in [4.69, 9.17) is 4.74 Å². The Bertz CT molecular complexity index is 1370. The summed E-state index contributed by atoms with van der Waals surface area (Å²) in [6.45, 7) is 0.199. The second-order valence-electron chi connectivity index (χ2n) is 9.35. The molecule has 5 nitrogen and oxygen atoms in total. The number of benzene rings is 3. The molecule has 3 aliphatic rings. The number of fused-ring (bicyclic) bond motifs is 4. The second kappa shape index (κ2) is 7.18. The Hall–Kier alpha value is -3.65. The van der Waals surface area contributed by atoms with Crippen LogP contribution in [0.5, 0.6) is 5.75 Å². The van der Waals surface area contributed by atoms with Crippen molar-refractivity contribution in [3.8, 4) is 5.75 Å². The fourth-order valence-electron chi connectivity index (χ4n) is 6.32. The zero-order valence-corrected chi connectivity index (χ0v) is 18.7. The van der Waals surface area contributed by atoms with Crippen LogP contribution in [0.1, 0.15) is 33.0 Å². The molecular formula is C27H21F3N2O3. The molecule has 0 bridgehead atoms. The third kappa shape index (κ3) is 2.68. The van der Waals surface area contributed by atoms with E-state index in [2.05, 4.69) is 5.32 Å². The minimum Gasteiger partial charge on any atom is -0.492 e. The Labute approximate surface area is 199 Å². The van der Waals surface area contributed by atoms with Gasteiger partial charge in [-0.1, -0.05) is 42.5 Å². The summed E-state index contributed by atoms with van der Waals surface area (Å²) in [6, 6.07) is 19.0. The first-order valence-corrected chi connectivity index (χ1v) is 11.3. The van der Waals surface area contributed by atoms with E-state index < -0.39 is 28.6 Å². The molecular weight excluding hydrogens is 457 g/mol. The highest BCUT2D eigenvalue weighted by Gasteiger charge is 2.75. The van der Waals surface area contributed by atoms with Gasteiger partial charge in [-0.05, 0) is 42.9 Å². The van der Waals surface area contributed by atoms with Crippen molar-refractivity contribution < 1.29 is 27.5 Å². The van der Waals surface area contributed by atoms with Crippen molar-refractivity contribution >= 4 is 17.4 Å². The number of para-hydroxylation sites is 2. The first kappa shape index (κ1) is 21.9. The standard InChI is InChI=1S/C27H21F3N2O3/c1-32-14-20(16-10-12-17(13-11-16)27(28,29)30)25(15-35-22-9-5-2-6-18(22)23(25)33)26(32)19-7-3-4-8-21(19)31-24(26)34/h2-13,20H,14-15H2,1H3,(H,31,34)/t20-,25-,26-/m0/s1. The SMILES string of the molecule is CN1C[C@@H](c2ccc(C(F)(F)F)cc2)[C@]2(COc3ccccc3C2=O)[C@]12C(=O)Nc1ccccc12. The van der Waals surface area contributed by atoms with E-state index in [0.717, 1.165) is 12.1 Å². The molecule has 1 fully saturated rings. The van der Waals surface area contributed by atoms with Crippen LogP contribution in [0.4, 0.5) is 18.9 Å². The van der Waals surface area contributed by atoms with Crippen LogP contribution < -0.4 is 10.1 Å². The van der Waals surface area contributed by atoms with Gasteiger partial charge < -0.3 is 10.1 Å². The van der Waals surface area contributed by atoms with Gasteiger partial charge in [0.15, 0.2) is 5.78 Å². The molecule has 0 unspecified atom stereocenters. The normalized spacial score (nSPS) is 27.6. The fraction of sp³-hybridized carbons (Fsp3) is 0.259. The van der Waals surface area contributed by atoms with Crippen LogP contribution >= 0.6 is 0 Å². The van der Waals surface area contributed by atoms with Crippen molar-refractivity contribution in [2.45, 2.75) is 17.6 Å². The molecule has 0 aliphatic carbocycles. The maximum absolute atomic E-state index is 14.4. The molecule has 1 saturated heterocycles. The summed E-state index contributed by atoms with van der Waals surface area (Å²) in [4.78, 5) is 30.1. The van der Waals surface area contributed by atoms with Crippen molar-refractivity contribution in [1.29, 1.82) is 0 Å². The van der Waals surface area contributed by atoms with Crippen LogP contribution in [-0.4, -0.2) is 36.8 Å². The molecule has 3 aromatic carbocycles. The zero-order valence-electron chi connectivity index (χ0n) is 18.7. The summed E-state index contributed by atoms with van der Waals surface area (Å²) in [5.74, 6) is -0.745. The Morgan fingerprint density at radius 3 is 2.40 bits per heavy atom. The van der Waals surface area contributed by atoms with E-state index in [9.17, 15) is 22.8 Å². The lowest BCUT2D eigenvalue weighted by Gasteiger charge is -2.47. The van der Waals surface area contributed by atoms with Crippen LogP contribution in [0, 0.1) is 5.41 Å². The number of hydrogen-bond donors (Lipinski definition) is 1. The van der Waals surface area contributed by atoms with Gasteiger partial charge in [-0.3, -0.25) is 14.5 Å². The number of ketones is 1. The average Bonchev–Trinajstić information content (AvgIpc) is 3.29. The lowest BCUT2D eigenvalue weighted by atomic mass is 9.57. The summed E-state index contributed by atoms with van der Waals surface area (Å²) in [5, 5.41) is 2.94. The number of carbonyl (C=O) groups excluding carboxylic acids is 2. The van der Waals surface area contributed by atoms with E-state index in [-0.39, 0.29) is 24.8 Å². The van der Waals surface area contributed by atoms with E-state index >= 15 is 0 Å². The van der Waals surface area contributed by atoms with Gasteiger partial charge in [-0.25, -0.2) is 0 Å². The highest BCUT2D eigenvalue weighted by molar-refractivity contribution is 6.15. The van der Waals surface area contributed by atoms with E-state index in [0.29, 0.717) is 28.1 Å². The fourth-order valence-corrected chi connectivity index (χ4v) is 6.32. The number of nitrogens with one attached hydrogen (secondary N) is 1. The Morgan fingerprint density at radius 1 is 0.971 bits per heavy atom. The number of rotatable bonds is 1. The molecule has 0 saturated carbocycles. The van der Waals surface area contributed by atoms with Crippen molar-refractivity contribution in [3.05, 3.63) is 95.1 Å². The second-order valence-corrected chi connectivity index (χ2v) is 9.35.